The van der Waals surface area contributed by atoms with E-state index in [4.69, 9.17) is 15.3 Å². The highest BCUT2D eigenvalue weighted by Gasteiger charge is 2.14. The van der Waals surface area contributed by atoms with Gasteiger partial charge in [0.1, 0.15) is 10.7 Å². The van der Waals surface area contributed by atoms with Gasteiger partial charge in [0.2, 0.25) is 10.0 Å². The van der Waals surface area contributed by atoms with Crippen molar-refractivity contribution >= 4 is 21.4 Å². The van der Waals surface area contributed by atoms with Crippen molar-refractivity contribution in [3.05, 3.63) is 41.9 Å². The number of nitrogen functional groups attached to an aromatic ring is 1. The first-order valence-corrected chi connectivity index (χ1v) is 7.50. The van der Waals surface area contributed by atoms with Gasteiger partial charge in [-0.2, -0.15) is 0 Å². The second kappa shape index (κ2) is 5.18. The quantitative estimate of drug-likeness (QED) is 0.831. The fourth-order valence-electron chi connectivity index (χ4n) is 1.95. The fourth-order valence-corrected chi connectivity index (χ4v) is 2.60. The molecule has 7 heteroatoms. The van der Waals surface area contributed by atoms with Crippen LogP contribution in [0.2, 0.25) is 0 Å². The molecular formula is C13H17N3O3S. The molecule has 4 N–H and O–H groups in total. The van der Waals surface area contributed by atoms with Crippen molar-refractivity contribution in [2.24, 2.45) is 5.14 Å². The highest BCUT2D eigenvalue weighted by atomic mass is 32.2. The molecule has 0 atom stereocenters. The van der Waals surface area contributed by atoms with Crippen molar-refractivity contribution in [1.82, 2.24) is 0 Å². The van der Waals surface area contributed by atoms with Gasteiger partial charge in [0, 0.05) is 24.8 Å². The van der Waals surface area contributed by atoms with Crippen LogP contribution in [0, 0.1) is 6.92 Å². The summed E-state index contributed by atoms with van der Waals surface area (Å²) in [6.07, 6.45) is 1.64. The van der Waals surface area contributed by atoms with Gasteiger partial charge < -0.3 is 15.1 Å². The molecule has 0 amide bonds. The summed E-state index contributed by atoms with van der Waals surface area (Å²) in [5, 5.41) is 5.08. The Morgan fingerprint density at radius 1 is 1.30 bits per heavy atom. The average Bonchev–Trinajstić information content (AvgIpc) is 2.73. The number of rotatable bonds is 4. The molecular weight excluding hydrogens is 278 g/mol. The van der Waals surface area contributed by atoms with Crippen molar-refractivity contribution < 1.29 is 12.8 Å². The molecule has 1 aromatic heterocycles. The van der Waals surface area contributed by atoms with Crippen LogP contribution in [0.5, 0.6) is 0 Å². The van der Waals surface area contributed by atoms with Crippen LogP contribution in [0.3, 0.4) is 0 Å². The van der Waals surface area contributed by atoms with Crippen LogP contribution < -0.4 is 15.8 Å². The minimum absolute atomic E-state index is 0.0610. The van der Waals surface area contributed by atoms with E-state index < -0.39 is 10.0 Å². The third kappa shape index (κ3) is 2.94. The van der Waals surface area contributed by atoms with Gasteiger partial charge >= 0.3 is 0 Å². The zero-order valence-electron chi connectivity index (χ0n) is 11.3. The highest BCUT2D eigenvalue weighted by molar-refractivity contribution is 7.89. The second-order valence-corrected chi connectivity index (χ2v) is 6.16. The summed E-state index contributed by atoms with van der Waals surface area (Å²) in [5.41, 5.74) is 7.74. The minimum Gasteiger partial charge on any atom is -0.469 e. The van der Waals surface area contributed by atoms with E-state index in [9.17, 15) is 8.42 Å². The first-order chi connectivity index (χ1) is 9.29. The minimum atomic E-state index is -3.79. The number of furan rings is 1. The Hall–Kier alpha value is -1.99. The van der Waals surface area contributed by atoms with Gasteiger partial charge in [-0.15, -0.1) is 0 Å². The van der Waals surface area contributed by atoms with Gasteiger partial charge in [-0.1, -0.05) is 0 Å². The molecule has 2 aromatic rings. The van der Waals surface area contributed by atoms with Crippen LogP contribution in [0.1, 0.15) is 11.3 Å². The van der Waals surface area contributed by atoms with Crippen LogP contribution in [-0.4, -0.2) is 15.5 Å². The van der Waals surface area contributed by atoms with E-state index in [2.05, 4.69) is 0 Å². The Bertz CT molecular complexity index is 722. The molecule has 1 heterocycles. The standard InChI is InChI=1S/C13H17N3O3S/c1-9-10(5-6-19-9)8-16(2)11-3-4-13(12(14)7-11)20(15,17)18/h3-7H,8,14H2,1-2H3,(H2,15,17,18). The van der Waals surface area contributed by atoms with E-state index in [1.165, 1.54) is 6.07 Å². The van der Waals surface area contributed by atoms with Crippen molar-refractivity contribution in [3.8, 4) is 0 Å². The van der Waals surface area contributed by atoms with E-state index in [-0.39, 0.29) is 10.6 Å². The molecule has 1 aromatic carbocycles. The molecule has 0 fully saturated rings. The van der Waals surface area contributed by atoms with E-state index in [1.807, 2.05) is 24.9 Å². The number of aryl methyl sites for hydroxylation is 1. The number of anilines is 2. The maximum atomic E-state index is 11.3. The van der Waals surface area contributed by atoms with Crippen molar-refractivity contribution in [3.63, 3.8) is 0 Å². The molecule has 2 rings (SSSR count). The molecule has 0 aliphatic carbocycles. The predicted molar refractivity (Wildman–Crippen MR) is 77.8 cm³/mol. The van der Waals surface area contributed by atoms with E-state index in [0.717, 1.165) is 17.0 Å². The number of sulfonamides is 1. The normalized spacial score (nSPS) is 11.6. The molecule has 0 unspecified atom stereocenters. The predicted octanol–water partition coefficient (Wildman–Crippen LogP) is 1.45. The van der Waals surface area contributed by atoms with Crippen molar-refractivity contribution in [2.75, 3.05) is 17.7 Å². The maximum absolute atomic E-state index is 11.3. The molecule has 108 valence electrons. The molecule has 0 saturated heterocycles. The summed E-state index contributed by atoms with van der Waals surface area (Å²) < 4.78 is 27.9. The number of nitrogens with two attached hydrogens (primary N) is 2. The Kier molecular flexibility index (Phi) is 3.74. The molecule has 0 aliphatic rings. The molecule has 0 saturated carbocycles. The largest absolute Gasteiger partial charge is 0.469 e. The molecule has 0 bridgehead atoms. The monoisotopic (exact) mass is 295 g/mol. The Balaban J connectivity index is 2.26. The maximum Gasteiger partial charge on any atom is 0.240 e. The summed E-state index contributed by atoms with van der Waals surface area (Å²) in [5.74, 6) is 0.853. The Morgan fingerprint density at radius 3 is 2.50 bits per heavy atom. The number of primary sulfonamides is 1. The number of nitrogens with zero attached hydrogens (tertiary/aromatic N) is 1. The third-order valence-corrected chi connectivity index (χ3v) is 4.10. The smallest absolute Gasteiger partial charge is 0.240 e. The zero-order chi connectivity index (χ0) is 14.9. The van der Waals surface area contributed by atoms with Gasteiger partial charge in [0.15, 0.2) is 0 Å². The van der Waals surface area contributed by atoms with Crippen LogP contribution in [0.4, 0.5) is 11.4 Å². The topological polar surface area (TPSA) is 103 Å². The summed E-state index contributed by atoms with van der Waals surface area (Å²) in [7, 11) is -1.90. The first kappa shape index (κ1) is 14.4. The van der Waals surface area contributed by atoms with Gasteiger partial charge in [0.05, 0.1) is 12.0 Å². The number of hydrogen-bond donors (Lipinski definition) is 2. The van der Waals surface area contributed by atoms with Gasteiger partial charge in [-0.3, -0.25) is 0 Å². The Labute approximate surface area is 118 Å². The molecule has 0 spiro atoms. The van der Waals surface area contributed by atoms with Crippen LogP contribution in [0.15, 0.2) is 39.8 Å². The molecule has 0 aliphatic heterocycles. The first-order valence-electron chi connectivity index (χ1n) is 5.95. The molecule has 20 heavy (non-hydrogen) atoms. The van der Waals surface area contributed by atoms with Crippen molar-refractivity contribution in [2.45, 2.75) is 18.4 Å². The summed E-state index contributed by atoms with van der Waals surface area (Å²) in [4.78, 5) is 1.88. The van der Waals surface area contributed by atoms with Crippen molar-refractivity contribution in [1.29, 1.82) is 0 Å². The summed E-state index contributed by atoms with van der Waals surface area (Å²) in [6.45, 7) is 2.53. The lowest BCUT2D eigenvalue weighted by Crippen LogP contribution is -2.18. The number of hydrogen-bond acceptors (Lipinski definition) is 5. The SMILES string of the molecule is Cc1occc1CN(C)c1ccc(S(N)(=O)=O)c(N)c1. The van der Waals surface area contributed by atoms with E-state index in [0.29, 0.717) is 6.54 Å². The van der Waals surface area contributed by atoms with Gasteiger partial charge in [-0.05, 0) is 31.2 Å². The van der Waals surface area contributed by atoms with E-state index in [1.54, 1.807) is 18.4 Å². The van der Waals surface area contributed by atoms with E-state index >= 15 is 0 Å². The van der Waals surface area contributed by atoms with Gasteiger partial charge in [-0.25, -0.2) is 13.6 Å². The van der Waals surface area contributed by atoms with Crippen LogP contribution in [0.25, 0.3) is 0 Å². The summed E-state index contributed by atoms with van der Waals surface area (Å²) in [6, 6.07) is 6.58. The fraction of sp³-hybridized carbons (Fsp3) is 0.231. The molecule has 0 radical (unpaired) electrons. The lowest BCUT2D eigenvalue weighted by molar-refractivity contribution is 0.529. The average molecular weight is 295 g/mol. The third-order valence-electron chi connectivity index (χ3n) is 3.11. The second-order valence-electron chi connectivity index (χ2n) is 4.63. The lowest BCUT2D eigenvalue weighted by atomic mass is 10.2. The summed E-state index contributed by atoms with van der Waals surface area (Å²) >= 11 is 0. The highest BCUT2D eigenvalue weighted by Crippen LogP contribution is 2.25. The van der Waals surface area contributed by atoms with Gasteiger partial charge in [0.25, 0.3) is 0 Å². The van der Waals surface area contributed by atoms with Crippen LogP contribution >= 0.6 is 0 Å². The molecule has 6 nitrogen and oxygen atoms in total. The Morgan fingerprint density at radius 2 is 2.00 bits per heavy atom. The zero-order valence-corrected chi connectivity index (χ0v) is 12.1. The van der Waals surface area contributed by atoms with Crippen LogP contribution in [-0.2, 0) is 16.6 Å². The lowest BCUT2D eigenvalue weighted by Gasteiger charge is -2.20. The number of benzene rings is 1.